The van der Waals surface area contributed by atoms with Gasteiger partial charge in [-0.05, 0) is 30.7 Å². The Labute approximate surface area is 125 Å². The minimum Gasteiger partial charge on any atom is -0.497 e. The van der Waals surface area contributed by atoms with Gasteiger partial charge >= 0.3 is 0 Å². The molecule has 1 aromatic rings. The third-order valence-corrected chi connectivity index (χ3v) is 2.78. The van der Waals surface area contributed by atoms with Gasteiger partial charge in [0.25, 0.3) is 5.91 Å². The summed E-state index contributed by atoms with van der Waals surface area (Å²) < 4.78 is 5.07. The highest BCUT2D eigenvalue weighted by molar-refractivity contribution is 6.24. The standard InChI is InChI=1S/C15H22N4O2/c1-4-9-18-14(17-2)13(10-16)15(20)19-11-5-7-12(21-3)8-6-11/h5-8,10H,4,9,16H2,1-3H3,(H,17,18)(H,19,20)/b13-10+. The van der Waals surface area contributed by atoms with Crippen LogP contribution >= 0.6 is 0 Å². The number of amides is 1. The van der Waals surface area contributed by atoms with Gasteiger partial charge in [-0.3, -0.25) is 9.79 Å². The molecule has 0 unspecified atom stereocenters. The molecule has 0 spiro atoms. The Morgan fingerprint density at radius 1 is 1.38 bits per heavy atom. The van der Waals surface area contributed by atoms with Crippen LogP contribution in [-0.4, -0.2) is 32.4 Å². The van der Waals surface area contributed by atoms with Crippen molar-refractivity contribution in [2.75, 3.05) is 26.0 Å². The highest BCUT2D eigenvalue weighted by atomic mass is 16.5. The highest BCUT2D eigenvalue weighted by Gasteiger charge is 2.15. The van der Waals surface area contributed by atoms with E-state index < -0.39 is 0 Å². The van der Waals surface area contributed by atoms with E-state index in [2.05, 4.69) is 15.6 Å². The maximum Gasteiger partial charge on any atom is 0.260 e. The SMILES string of the molecule is CCCNC(=NC)/C(=C\N)C(=O)Nc1ccc(OC)cc1. The van der Waals surface area contributed by atoms with Crippen molar-refractivity contribution >= 4 is 17.4 Å². The Morgan fingerprint density at radius 2 is 2.05 bits per heavy atom. The number of hydrogen-bond acceptors (Lipinski definition) is 4. The maximum atomic E-state index is 12.3. The van der Waals surface area contributed by atoms with Crippen LogP contribution in [0.5, 0.6) is 5.75 Å². The highest BCUT2D eigenvalue weighted by Crippen LogP contribution is 2.15. The number of carbonyl (C=O) groups excluding carboxylic acids is 1. The molecule has 0 heterocycles. The zero-order valence-electron chi connectivity index (χ0n) is 12.6. The summed E-state index contributed by atoms with van der Waals surface area (Å²) in [7, 11) is 3.20. The number of methoxy groups -OCH3 is 1. The molecular formula is C15H22N4O2. The van der Waals surface area contributed by atoms with E-state index in [-0.39, 0.29) is 5.91 Å². The Balaban J connectivity index is 2.79. The Morgan fingerprint density at radius 3 is 2.52 bits per heavy atom. The number of carbonyl (C=O) groups is 1. The molecule has 0 saturated heterocycles. The van der Waals surface area contributed by atoms with E-state index in [1.807, 2.05) is 6.92 Å². The van der Waals surface area contributed by atoms with Gasteiger partial charge in [0.15, 0.2) is 0 Å². The lowest BCUT2D eigenvalue weighted by Gasteiger charge is -2.12. The van der Waals surface area contributed by atoms with Crippen LogP contribution in [0.25, 0.3) is 0 Å². The molecule has 0 aliphatic heterocycles. The molecule has 0 aromatic heterocycles. The van der Waals surface area contributed by atoms with E-state index in [1.54, 1.807) is 38.4 Å². The number of anilines is 1. The van der Waals surface area contributed by atoms with Crippen LogP contribution in [-0.2, 0) is 4.79 Å². The second kappa shape index (κ2) is 8.63. The number of amidine groups is 1. The molecule has 6 nitrogen and oxygen atoms in total. The first kappa shape index (κ1) is 16.6. The zero-order chi connectivity index (χ0) is 15.7. The van der Waals surface area contributed by atoms with Crippen molar-refractivity contribution in [1.29, 1.82) is 0 Å². The van der Waals surface area contributed by atoms with E-state index in [0.29, 0.717) is 17.1 Å². The van der Waals surface area contributed by atoms with Crippen LogP contribution in [0.2, 0.25) is 0 Å². The minimum atomic E-state index is -0.313. The van der Waals surface area contributed by atoms with E-state index in [0.717, 1.165) is 18.7 Å². The summed E-state index contributed by atoms with van der Waals surface area (Å²) in [5, 5.41) is 5.85. The second-order valence-electron chi connectivity index (χ2n) is 4.26. The van der Waals surface area contributed by atoms with Crippen LogP contribution in [0.15, 0.2) is 41.0 Å². The van der Waals surface area contributed by atoms with Gasteiger partial charge in [0.05, 0.1) is 12.7 Å². The van der Waals surface area contributed by atoms with Crippen molar-refractivity contribution < 1.29 is 9.53 Å². The van der Waals surface area contributed by atoms with Crippen LogP contribution in [0.4, 0.5) is 5.69 Å². The summed E-state index contributed by atoms with van der Waals surface area (Å²) in [5.74, 6) is 0.889. The normalized spacial score (nSPS) is 12.0. The molecule has 0 aliphatic carbocycles. The number of nitrogens with zero attached hydrogens (tertiary/aromatic N) is 1. The van der Waals surface area contributed by atoms with Gasteiger partial charge in [-0.2, -0.15) is 0 Å². The molecule has 21 heavy (non-hydrogen) atoms. The van der Waals surface area contributed by atoms with Gasteiger partial charge in [0.1, 0.15) is 11.6 Å². The molecule has 1 amide bonds. The van der Waals surface area contributed by atoms with Gasteiger partial charge in [0, 0.05) is 25.5 Å². The van der Waals surface area contributed by atoms with Gasteiger partial charge in [-0.25, -0.2) is 0 Å². The van der Waals surface area contributed by atoms with Crippen LogP contribution < -0.4 is 21.1 Å². The van der Waals surface area contributed by atoms with Gasteiger partial charge in [0.2, 0.25) is 0 Å². The molecular weight excluding hydrogens is 268 g/mol. The Bertz CT molecular complexity index is 521. The summed E-state index contributed by atoms with van der Waals surface area (Å²) in [5.41, 5.74) is 6.52. The first-order valence-corrected chi connectivity index (χ1v) is 6.74. The predicted octanol–water partition coefficient (Wildman–Crippen LogP) is 1.50. The molecule has 0 fully saturated rings. The molecule has 0 atom stereocenters. The van der Waals surface area contributed by atoms with Crippen molar-refractivity contribution in [3.8, 4) is 5.75 Å². The zero-order valence-corrected chi connectivity index (χ0v) is 12.6. The van der Waals surface area contributed by atoms with E-state index in [9.17, 15) is 4.79 Å². The number of hydrogen-bond donors (Lipinski definition) is 3. The Hall–Kier alpha value is -2.50. The second-order valence-corrected chi connectivity index (χ2v) is 4.26. The summed E-state index contributed by atoms with van der Waals surface area (Å²) in [6.07, 6.45) is 2.18. The fourth-order valence-corrected chi connectivity index (χ4v) is 1.67. The molecule has 1 rings (SSSR count). The molecule has 6 heteroatoms. The third-order valence-electron chi connectivity index (χ3n) is 2.78. The molecule has 0 saturated carbocycles. The molecule has 0 aliphatic rings. The smallest absolute Gasteiger partial charge is 0.260 e. The number of nitrogens with one attached hydrogen (secondary N) is 2. The largest absolute Gasteiger partial charge is 0.497 e. The van der Waals surface area contributed by atoms with Crippen LogP contribution in [0.3, 0.4) is 0 Å². The van der Waals surface area contributed by atoms with Crippen molar-refractivity contribution in [1.82, 2.24) is 5.32 Å². The number of ether oxygens (including phenoxy) is 1. The molecule has 1 aromatic carbocycles. The lowest BCUT2D eigenvalue weighted by Crippen LogP contribution is -2.32. The number of aliphatic imine (C=N–C) groups is 1. The monoisotopic (exact) mass is 290 g/mol. The number of benzene rings is 1. The maximum absolute atomic E-state index is 12.3. The predicted molar refractivity (Wildman–Crippen MR) is 85.5 cm³/mol. The van der Waals surface area contributed by atoms with Crippen molar-refractivity contribution in [3.05, 3.63) is 36.0 Å². The third kappa shape index (κ3) is 4.83. The fraction of sp³-hybridized carbons (Fsp3) is 0.333. The molecule has 0 bridgehead atoms. The first-order valence-electron chi connectivity index (χ1n) is 6.74. The summed E-state index contributed by atoms with van der Waals surface area (Å²) >= 11 is 0. The average Bonchev–Trinajstić information content (AvgIpc) is 2.52. The first-order chi connectivity index (χ1) is 10.2. The van der Waals surface area contributed by atoms with Crippen molar-refractivity contribution in [3.63, 3.8) is 0 Å². The van der Waals surface area contributed by atoms with Gasteiger partial charge < -0.3 is 21.1 Å². The van der Waals surface area contributed by atoms with Crippen LogP contribution in [0, 0.1) is 0 Å². The van der Waals surface area contributed by atoms with E-state index in [1.165, 1.54) is 6.20 Å². The van der Waals surface area contributed by atoms with E-state index in [4.69, 9.17) is 10.5 Å². The van der Waals surface area contributed by atoms with E-state index >= 15 is 0 Å². The quantitative estimate of drug-likeness (QED) is 0.421. The average molecular weight is 290 g/mol. The fourth-order valence-electron chi connectivity index (χ4n) is 1.67. The lowest BCUT2D eigenvalue weighted by atomic mass is 10.2. The topological polar surface area (TPSA) is 88.7 Å². The lowest BCUT2D eigenvalue weighted by molar-refractivity contribution is -0.112. The Kier molecular flexibility index (Phi) is 6.80. The van der Waals surface area contributed by atoms with Gasteiger partial charge in [-0.1, -0.05) is 6.92 Å². The molecule has 114 valence electrons. The van der Waals surface area contributed by atoms with Crippen molar-refractivity contribution in [2.45, 2.75) is 13.3 Å². The molecule has 4 N–H and O–H groups in total. The van der Waals surface area contributed by atoms with Crippen molar-refractivity contribution in [2.24, 2.45) is 10.7 Å². The number of rotatable bonds is 6. The summed E-state index contributed by atoms with van der Waals surface area (Å²) in [4.78, 5) is 16.3. The summed E-state index contributed by atoms with van der Waals surface area (Å²) in [6, 6.07) is 7.05. The summed E-state index contributed by atoms with van der Waals surface area (Å²) in [6.45, 7) is 2.75. The van der Waals surface area contributed by atoms with Gasteiger partial charge in [-0.15, -0.1) is 0 Å². The molecule has 0 radical (unpaired) electrons. The number of nitrogens with two attached hydrogens (primary N) is 1. The van der Waals surface area contributed by atoms with Crippen LogP contribution in [0.1, 0.15) is 13.3 Å². The minimum absolute atomic E-state index is 0.307.